The van der Waals surface area contributed by atoms with Crippen LogP contribution < -0.4 is 10.1 Å². The number of hydrogen-bond acceptors (Lipinski definition) is 2. The van der Waals surface area contributed by atoms with E-state index in [2.05, 4.69) is 62.3 Å². The first kappa shape index (κ1) is 21.4. The lowest BCUT2D eigenvalue weighted by atomic mass is 10.1. The average molecular weight is 457 g/mol. The molecule has 0 saturated heterocycles. The molecule has 2 aromatic carbocycles. The fourth-order valence-corrected chi connectivity index (χ4v) is 4.14. The summed E-state index contributed by atoms with van der Waals surface area (Å²) in [6.07, 6.45) is 6.60. The van der Waals surface area contributed by atoms with Gasteiger partial charge in [0.05, 0.1) is 7.11 Å². The standard InChI is InChI=1S/C24H29BrN2O2/c1-3-7-24(28)26-14-13-19-17-27(23-12-11-20(29-2)16-21(19)23)15-6-9-18-8-4-5-10-22(18)25/h4-5,8,10-12,16-17H,3,6-7,9,13-15H2,1-2H3,(H,26,28). The highest BCUT2D eigenvalue weighted by Crippen LogP contribution is 2.27. The van der Waals surface area contributed by atoms with Gasteiger partial charge in [0.25, 0.3) is 0 Å². The van der Waals surface area contributed by atoms with Crippen LogP contribution in [0.1, 0.15) is 37.3 Å². The zero-order chi connectivity index (χ0) is 20.6. The van der Waals surface area contributed by atoms with Crippen LogP contribution in [0.15, 0.2) is 53.1 Å². The van der Waals surface area contributed by atoms with Gasteiger partial charge in [0.2, 0.25) is 5.91 Å². The van der Waals surface area contributed by atoms with E-state index in [9.17, 15) is 4.79 Å². The van der Waals surface area contributed by atoms with E-state index < -0.39 is 0 Å². The Hall–Kier alpha value is -2.27. The normalized spacial score (nSPS) is 11.0. The number of nitrogens with zero attached hydrogens (tertiary/aromatic N) is 1. The molecule has 0 aliphatic rings. The summed E-state index contributed by atoms with van der Waals surface area (Å²) in [6.45, 7) is 3.63. The molecule has 0 saturated carbocycles. The summed E-state index contributed by atoms with van der Waals surface area (Å²) in [5.41, 5.74) is 3.80. The van der Waals surface area contributed by atoms with Crippen LogP contribution in [0.2, 0.25) is 0 Å². The molecular formula is C24H29BrN2O2. The highest BCUT2D eigenvalue weighted by atomic mass is 79.9. The van der Waals surface area contributed by atoms with Crippen molar-refractivity contribution in [2.45, 2.75) is 45.6 Å². The van der Waals surface area contributed by atoms with Gasteiger partial charge in [-0.3, -0.25) is 4.79 Å². The van der Waals surface area contributed by atoms with E-state index >= 15 is 0 Å². The summed E-state index contributed by atoms with van der Waals surface area (Å²) < 4.78 is 8.93. The minimum atomic E-state index is 0.127. The van der Waals surface area contributed by atoms with Gasteiger partial charge in [-0.1, -0.05) is 41.1 Å². The quantitative estimate of drug-likeness (QED) is 0.437. The average Bonchev–Trinajstić information content (AvgIpc) is 3.06. The highest BCUT2D eigenvalue weighted by molar-refractivity contribution is 9.10. The van der Waals surface area contributed by atoms with Gasteiger partial charge < -0.3 is 14.6 Å². The lowest BCUT2D eigenvalue weighted by Crippen LogP contribution is -2.25. The maximum absolute atomic E-state index is 11.8. The number of halogens is 1. The first-order chi connectivity index (χ1) is 14.1. The van der Waals surface area contributed by atoms with Crippen molar-refractivity contribution in [2.24, 2.45) is 0 Å². The molecular weight excluding hydrogens is 428 g/mol. The molecule has 5 heteroatoms. The number of methoxy groups -OCH3 is 1. The van der Waals surface area contributed by atoms with Crippen molar-refractivity contribution in [1.29, 1.82) is 0 Å². The summed E-state index contributed by atoms with van der Waals surface area (Å²) >= 11 is 3.64. The van der Waals surface area contributed by atoms with Crippen LogP contribution in [0, 0.1) is 0 Å². The Bertz CT molecular complexity index is 965. The summed E-state index contributed by atoms with van der Waals surface area (Å²) in [7, 11) is 1.69. The third-order valence-electron chi connectivity index (χ3n) is 5.17. The number of rotatable bonds is 10. The van der Waals surface area contributed by atoms with E-state index in [0.717, 1.165) is 38.0 Å². The van der Waals surface area contributed by atoms with E-state index in [1.165, 1.54) is 26.5 Å². The summed E-state index contributed by atoms with van der Waals surface area (Å²) in [5, 5.41) is 4.22. The van der Waals surface area contributed by atoms with Gasteiger partial charge in [0, 0.05) is 41.1 Å². The first-order valence-electron chi connectivity index (χ1n) is 10.3. The fraction of sp³-hybridized carbons (Fsp3) is 0.375. The largest absolute Gasteiger partial charge is 0.497 e. The Morgan fingerprint density at radius 3 is 2.72 bits per heavy atom. The number of carbonyl (C=O) groups is 1. The Morgan fingerprint density at radius 2 is 1.97 bits per heavy atom. The molecule has 0 radical (unpaired) electrons. The van der Waals surface area contributed by atoms with E-state index in [4.69, 9.17) is 4.74 Å². The molecule has 154 valence electrons. The predicted octanol–water partition coefficient (Wildman–Crippen LogP) is 5.50. The summed E-state index contributed by atoms with van der Waals surface area (Å²) in [6, 6.07) is 14.6. The van der Waals surface area contributed by atoms with Crippen LogP contribution in [-0.2, 0) is 24.2 Å². The number of amides is 1. The number of aryl methyl sites for hydroxylation is 2. The second-order valence-electron chi connectivity index (χ2n) is 7.28. The predicted molar refractivity (Wildman–Crippen MR) is 123 cm³/mol. The second kappa shape index (κ2) is 10.5. The molecule has 1 aromatic heterocycles. The highest BCUT2D eigenvalue weighted by Gasteiger charge is 2.11. The molecule has 0 spiro atoms. The van der Waals surface area contributed by atoms with Gasteiger partial charge in [0.15, 0.2) is 0 Å². The second-order valence-corrected chi connectivity index (χ2v) is 8.13. The topological polar surface area (TPSA) is 43.3 Å². The number of benzene rings is 2. The van der Waals surface area contributed by atoms with E-state index in [1.54, 1.807) is 7.11 Å². The van der Waals surface area contributed by atoms with Gasteiger partial charge >= 0.3 is 0 Å². The molecule has 0 unspecified atom stereocenters. The van der Waals surface area contributed by atoms with Crippen LogP contribution in [0.5, 0.6) is 5.75 Å². The van der Waals surface area contributed by atoms with Crippen LogP contribution in [0.25, 0.3) is 10.9 Å². The fourth-order valence-electron chi connectivity index (χ4n) is 3.65. The number of aromatic nitrogens is 1. The number of nitrogens with one attached hydrogen (secondary N) is 1. The van der Waals surface area contributed by atoms with Crippen LogP contribution in [0.4, 0.5) is 0 Å². The van der Waals surface area contributed by atoms with Crippen LogP contribution in [-0.4, -0.2) is 24.1 Å². The monoisotopic (exact) mass is 456 g/mol. The minimum Gasteiger partial charge on any atom is -0.497 e. The Kier molecular flexibility index (Phi) is 7.76. The van der Waals surface area contributed by atoms with Gasteiger partial charge in [0.1, 0.15) is 5.75 Å². The number of ether oxygens (including phenoxy) is 1. The maximum Gasteiger partial charge on any atom is 0.219 e. The molecule has 0 fully saturated rings. The van der Waals surface area contributed by atoms with Gasteiger partial charge in [-0.25, -0.2) is 0 Å². The molecule has 4 nitrogen and oxygen atoms in total. The van der Waals surface area contributed by atoms with E-state index in [0.29, 0.717) is 13.0 Å². The molecule has 0 aliphatic heterocycles. The lowest BCUT2D eigenvalue weighted by molar-refractivity contribution is -0.121. The van der Waals surface area contributed by atoms with Crippen molar-refractivity contribution in [3.8, 4) is 5.75 Å². The Labute approximate surface area is 181 Å². The van der Waals surface area contributed by atoms with E-state index in [1.807, 2.05) is 19.1 Å². The first-order valence-corrected chi connectivity index (χ1v) is 11.1. The summed E-state index contributed by atoms with van der Waals surface area (Å²) in [5.74, 6) is 0.988. The van der Waals surface area contributed by atoms with Crippen molar-refractivity contribution in [2.75, 3.05) is 13.7 Å². The molecule has 1 N–H and O–H groups in total. The summed E-state index contributed by atoms with van der Waals surface area (Å²) in [4.78, 5) is 11.8. The van der Waals surface area contributed by atoms with Crippen LogP contribution >= 0.6 is 15.9 Å². The number of fused-ring (bicyclic) bond motifs is 1. The number of carbonyl (C=O) groups excluding carboxylic acids is 1. The van der Waals surface area contributed by atoms with E-state index in [-0.39, 0.29) is 5.91 Å². The van der Waals surface area contributed by atoms with Crippen molar-refractivity contribution in [3.05, 3.63) is 64.3 Å². The van der Waals surface area contributed by atoms with Gasteiger partial charge in [-0.15, -0.1) is 0 Å². The SMILES string of the molecule is CCCC(=O)NCCc1cn(CCCc2ccccc2Br)c2ccc(OC)cc12. The molecule has 29 heavy (non-hydrogen) atoms. The molecule has 1 heterocycles. The third-order valence-corrected chi connectivity index (χ3v) is 5.94. The molecule has 0 bridgehead atoms. The third kappa shape index (κ3) is 5.63. The Morgan fingerprint density at radius 1 is 1.14 bits per heavy atom. The Balaban J connectivity index is 1.72. The van der Waals surface area contributed by atoms with Crippen molar-refractivity contribution in [3.63, 3.8) is 0 Å². The van der Waals surface area contributed by atoms with Crippen LogP contribution in [0.3, 0.4) is 0 Å². The van der Waals surface area contributed by atoms with Gasteiger partial charge in [-0.2, -0.15) is 0 Å². The number of hydrogen-bond donors (Lipinski definition) is 1. The zero-order valence-corrected chi connectivity index (χ0v) is 18.8. The van der Waals surface area contributed by atoms with Crippen molar-refractivity contribution < 1.29 is 9.53 Å². The molecule has 1 amide bonds. The minimum absolute atomic E-state index is 0.127. The lowest BCUT2D eigenvalue weighted by Gasteiger charge is -2.07. The molecule has 3 aromatic rings. The smallest absolute Gasteiger partial charge is 0.219 e. The van der Waals surface area contributed by atoms with Crippen molar-refractivity contribution in [1.82, 2.24) is 9.88 Å². The molecule has 0 aliphatic carbocycles. The zero-order valence-electron chi connectivity index (χ0n) is 17.2. The van der Waals surface area contributed by atoms with Gasteiger partial charge in [-0.05, 0) is 61.1 Å². The van der Waals surface area contributed by atoms with Crippen molar-refractivity contribution >= 4 is 32.7 Å². The maximum atomic E-state index is 11.8. The molecule has 0 atom stereocenters. The molecule has 3 rings (SSSR count).